The maximum absolute atomic E-state index is 6.00. The largest absolute Gasteiger partial charge is 0.474 e. The summed E-state index contributed by atoms with van der Waals surface area (Å²) in [7, 11) is 4.08. The molecule has 0 amide bonds. The van der Waals surface area contributed by atoms with E-state index in [1.807, 2.05) is 14.1 Å². The minimum Gasteiger partial charge on any atom is -0.474 e. The molecule has 1 aliphatic rings. The number of halogens is 1. The lowest BCUT2D eigenvalue weighted by molar-refractivity contribution is 0.0231. The predicted molar refractivity (Wildman–Crippen MR) is 73.8 cm³/mol. The number of rotatable bonds is 4. The second-order valence-corrected chi connectivity index (χ2v) is 5.70. The Bertz CT molecular complexity index is 393. The number of hydrogen-bond donors (Lipinski definition) is 0. The molecule has 100 valence electrons. The van der Waals surface area contributed by atoms with E-state index in [-0.39, 0.29) is 6.10 Å². The highest BCUT2D eigenvalue weighted by Crippen LogP contribution is 2.24. The Labute approximate surface area is 116 Å². The van der Waals surface area contributed by atoms with Gasteiger partial charge in [0.05, 0.1) is 13.2 Å². The van der Waals surface area contributed by atoms with Crippen LogP contribution >= 0.6 is 15.9 Å². The zero-order chi connectivity index (χ0) is 13.0. The Morgan fingerprint density at radius 1 is 1.44 bits per heavy atom. The van der Waals surface area contributed by atoms with E-state index >= 15 is 0 Å². The average Bonchev–Trinajstić information content (AvgIpc) is 2.33. The van der Waals surface area contributed by atoms with Crippen LogP contribution in [0.2, 0.25) is 0 Å². The number of ether oxygens (including phenoxy) is 2. The maximum atomic E-state index is 6.00. The molecule has 18 heavy (non-hydrogen) atoms. The second-order valence-electron chi connectivity index (χ2n) is 4.79. The van der Waals surface area contributed by atoms with Crippen LogP contribution in [0.15, 0.2) is 16.7 Å². The van der Waals surface area contributed by atoms with Crippen LogP contribution in [-0.4, -0.2) is 43.3 Å². The van der Waals surface area contributed by atoms with Gasteiger partial charge < -0.3 is 14.4 Å². The highest BCUT2D eigenvalue weighted by atomic mass is 79.9. The molecular weight excluding hydrogens is 296 g/mol. The lowest BCUT2D eigenvalue weighted by atomic mass is 10.1. The van der Waals surface area contributed by atoms with Gasteiger partial charge in [-0.1, -0.05) is 0 Å². The molecular formula is C13H19BrN2O2. The van der Waals surface area contributed by atoms with Crippen molar-refractivity contribution in [2.75, 3.05) is 27.3 Å². The van der Waals surface area contributed by atoms with Crippen molar-refractivity contribution < 1.29 is 9.47 Å². The monoisotopic (exact) mass is 314 g/mol. The van der Waals surface area contributed by atoms with Gasteiger partial charge in [-0.05, 0) is 36.1 Å². The van der Waals surface area contributed by atoms with Gasteiger partial charge in [0.1, 0.15) is 6.10 Å². The molecule has 0 N–H and O–H groups in total. The molecule has 4 nitrogen and oxygen atoms in total. The van der Waals surface area contributed by atoms with Gasteiger partial charge in [0.15, 0.2) is 0 Å². The minimum atomic E-state index is 0.230. The smallest absolute Gasteiger partial charge is 0.218 e. The molecule has 1 fully saturated rings. The minimum absolute atomic E-state index is 0.230. The number of aromatic nitrogens is 1. The van der Waals surface area contributed by atoms with E-state index in [1.54, 1.807) is 6.20 Å². The summed E-state index contributed by atoms with van der Waals surface area (Å²) >= 11 is 3.45. The molecule has 1 aliphatic heterocycles. The summed E-state index contributed by atoms with van der Waals surface area (Å²) in [5.41, 5.74) is 1.11. The number of hydrogen-bond acceptors (Lipinski definition) is 4. The first-order chi connectivity index (χ1) is 8.65. The molecule has 1 aromatic heterocycles. The van der Waals surface area contributed by atoms with Gasteiger partial charge in [-0.15, -0.1) is 0 Å². The van der Waals surface area contributed by atoms with Crippen LogP contribution in [0, 0.1) is 0 Å². The van der Waals surface area contributed by atoms with Gasteiger partial charge in [-0.25, -0.2) is 4.98 Å². The lowest BCUT2D eigenvalue weighted by Gasteiger charge is -2.24. The molecule has 0 unspecified atom stereocenters. The van der Waals surface area contributed by atoms with Crippen LogP contribution in [0.3, 0.4) is 0 Å². The molecule has 1 saturated heterocycles. The van der Waals surface area contributed by atoms with Crippen LogP contribution in [0.1, 0.15) is 18.4 Å². The van der Waals surface area contributed by atoms with E-state index in [9.17, 15) is 0 Å². The molecule has 5 heteroatoms. The SMILES string of the molecule is CN(C)Cc1cc(Br)cnc1OC1CCOCC1. The first-order valence-corrected chi connectivity index (χ1v) is 6.98. The summed E-state index contributed by atoms with van der Waals surface area (Å²) in [6.45, 7) is 2.39. The predicted octanol–water partition coefficient (Wildman–Crippen LogP) is 2.46. The van der Waals surface area contributed by atoms with Crippen molar-refractivity contribution in [3.63, 3.8) is 0 Å². The van der Waals surface area contributed by atoms with E-state index < -0.39 is 0 Å². The van der Waals surface area contributed by atoms with E-state index in [0.717, 1.165) is 48.5 Å². The third kappa shape index (κ3) is 3.93. The summed E-state index contributed by atoms with van der Waals surface area (Å²) in [5.74, 6) is 0.749. The third-order valence-corrected chi connectivity index (χ3v) is 3.26. The van der Waals surface area contributed by atoms with E-state index in [4.69, 9.17) is 9.47 Å². The van der Waals surface area contributed by atoms with Gasteiger partial charge in [-0.2, -0.15) is 0 Å². The Morgan fingerprint density at radius 3 is 2.83 bits per heavy atom. The van der Waals surface area contributed by atoms with Gasteiger partial charge in [0.25, 0.3) is 0 Å². The first kappa shape index (κ1) is 13.8. The highest BCUT2D eigenvalue weighted by molar-refractivity contribution is 9.10. The van der Waals surface area contributed by atoms with Crippen molar-refractivity contribution in [2.45, 2.75) is 25.5 Å². The zero-order valence-electron chi connectivity index (χ0n) is 10.9. The quantitative estimate of drug-likeness (QED) is 0.855. The van der Waals surface area contributed by atoms with Gasteiger partial charge in [-0.3, -0.25) is 0 Å². The van der Waals surface area contributed by atoms with Gasteiger partial charge in [0.2, 0.25) is 5.88 Å². The van der Waals surface area contributed by atoms with Crippen molar-refractivity contribution in [2.24, 2.45) is 0 Å². The van der Waals surface area contributed by atoms with E-state index in [2.05, 4.69) is 31.9 Å². The average molecular weight is 315 g/mol. The van der Waals surface area contributed by atoms with Crippen molar-refractivity contribution in [3.05, 3.63) is 22.3 Å². The van der Waals surface area contributed by atoms with Gasteiger partial charge in [0, 0.05) is 35.6 Å². The number of pyridine rings is 1. The molecule has 2 rings (SSSR count). The van der Waals surface area contributed by atoms with Crippen molar-refractivity contribution in [1.29, 1.82) is 0 Å². The van der Waals surface area contributed by atoms with Crippen molar-refractivity contribution in [3.8, 4) is 5.88 Å². The maximum Gasteiger partial charge on any atom is 0.218 e. The summed E-state index contributed by atoms with van der Waals surface area (Å²) in [5, 5.41) is 0. The van der Waals surface area contributed by atoms with Crippen LogP contribution in [0.4, 0.5) is 0 Å². The molecule has 1 aromatic rings. The molecule has 2 heterocycles. The Hall–Kier alpha value is -0.650. The molecule has 0 atom stereocenters. The second kappa shape index (κ2) is 6.50. The summed E-state index contributed by atoms with van der Waals surface area (Å²) in [6.07, 6.45) is 3.90. The molecule has 0 saturated carbocycles. The summed E-state index contributed by atoms with van der Waals surface area (Å²) < 4.78 is 12.3. The fourth-order valence-corrected chi connectivity index (χ4v) is 2.36. The van der Waals surface area contributed by atoms with Gasteiger partial charge >= 0.3 is 0 Å². The Balaban J connectivity index is 2.09. The Morgan fingerprint density at radius 2 is 2.17 bits per heavy atom. The molecule has 0 aromatic carbocycles. The zero-order valence-corrected chi connectivity index (χ0v) is 12.4. The third-order valence-electron chi connectivity index (χ3n) is 2.83. The fraction of sp³-hybridized carbons (Fsp3) is 0.615. The number of nitrogens with zero attached hydrogens (tertiary/aromatic N) is 2. The van der Waals surface area contributed by atoms with Crippen LogP contribution in [0.25, 0.3) is 0 Å². The molecule has 0 radical (unpaired) electrons. The molecule has 0 aliphatic carbocycles. The van der Waals surface area contributed by atoms with E-state index in [0.29, 0.717) is 0 Å². The van der Waals surface area contributed by atoms with Crippen molar-refractivity contribution in [1.82, 2.24) is 9.88 Å². The van der Waals surface area contributed by atoms with Crippen LogP contribution < -0.4 is 4.74 Å². The fourth-order valence-electron chi connectivity index (χ4n) is 1.98. The first-order valence-electron chi connectivity index (χ1n) is 6.18. The summed E-state index contributed by atoms with van der Waals surface area (Å²) in [6, 6.07) is 2.07. The topological polar surface area (TPSA) is 34.6 Å². The summed E-state index contributed by atoms with van der Waals surface area (Å²) in [4.78, 5) is 6.50. The highest BCUT2D eigenvalue weighted by Gasteiger charge is 2.18. The van der Waals surface area contributed by atoms with E-state index in [1.165, 1.54) is 0 Å². The van der Waals surface area contributed by atoms with Crippen LogP contribution in [0.5, 0.6) is 5.88 Å². The molecule has 0 spiro atoms. The van der Waals surface area contributed by atoms with Crippen molar-refractivity contribution >= 4 is 15.9 Å². The van der Waals surface area contributed by atoms with Crippen LogP contribution in [-0.2, 0) is 11.3 Å². The Kier molecular flexibility index (Phi) is 4.97. The molecule has 0 bridgehead atoms. The normalized spacial score (nSPS) is 17.1. The lowest BCUT2D eigenvalue weighted by Crippen LogP contribution is -2.27. The standard InChI is InChI=1S/C13H19BrN2O2/c1-16(2)9-10-7-11(14)8-15-13(10)18-12-3-5-17-6-4-12/h7-8,12H,3-6,9H2,1-2H3.